The van der Waals surface area contributed by atoms with E-state index in [4.69, 9.17) is 0 Å². The van der Waals surface area contributed by atoms with Gasteiger partial charge in [0.15, 0.2) is 0 Å². The standard InChI is InChI=1S/C9H16P/c1-8-5-9(2,3)7-10(4)6-8/h5-6H,7H2,1-4H3/q+1. The second-order valence-electron chi connectivity index (χ2n) is 3.92. The Morgan fingerprint density at radius 2 is 2.10 bits per heavy atom. The molecule has 0 saturated carbocycles. The lowest BCUT2D eigenvalue weighted by Crippen LogP contribution is -2.15. The second kappa shape index (κ2) is 2.51. The largest absolute Gasteiger partial charge is 0.114 e. The van der Waals surface area contributed by atoms with Gasteiger partial charge in [-0.1, -0.05) is 19.9 Å². The van der Waals surface area contributed by atoms with Crippen LogP contribution in [0.1, 0.15) is 20.8 Å². The Kier molecular flexibility index (Phi) is 2.01. The predicted octanol–water partition coefficient (Wildman–Crippen LogP) is 2.89. The highest BCUT2D eigenvalue weighted by Gasteiger charge is 2.25. The molecular weight excluding hydrogens is 139 g/mol. The lowest BCUT2D eigenvalue weighted by molar-refractivity contribution is 0.550. The molecule has 1 aliphatic heterocycles. The van der Waals surface area contributed by atoms with E-state index in [0.717, 1.165) is 0 Å². The van der Waals surface area contributed by atoms with Crippen LogP contribution >= 0.6 is 7.55 Å². The van der Waals surface area contributed by atoms with E-state index < -0.39 is 0 Å². The van der Waals surface area contributed by atoms with Crippen LogP contribution < -0.4 is 0 Å². The van der Waals surface area contributed by atoms with Crippen molar-refractivity contribution in [2.24, 2.45) is 5.41 Å². The first-order chi connectivity index (χ1) is 4.49. The van der Waals surface area contributed by atoms with E-state index >= 15 is 0 Å². The van der Waals surface area contributed by atoms with Gasteiger partial charge in [-0.3, -0.25) is 0 Å². The fraction of sp³-hybridized carbons (Fsp3) is 0.667. The van der Waals surface area contributed by atoms with Crippen molar-refractivity contribution < 1.29 is 0 Å². The van der Waals surface area contributed by atoms with Gasteiger partial charge in [0.25, 0.3) is 0 Å². The maximum Gasteiger partial charge on any atom is 0.114 e. The Morgan fingerprint density at radius 1 is 1.50 bits per heavy atom. The first-order valence-corrected chi connectivity index (χ1v) is 5.78. The molecule has 56 valence electrons. The van der Waals surface area contributed by atoms with Gasteiger partial charge in [-0.05, 0) is 12.5 Å². The van der Waals surface area contributed by atoms with Crippen molar-refractivity contribution in [1.82, 2.24) is 0 Å². The fourth-order valence-corrected chi connectivity index (χ4v) is 3.97. The molecule has 0 aromatic rings. The summed E-state index contributed by atoms with van der Waals surface area (Å²) in [6.07, 6.45) is 3.75. The first kappa shape index (κ1) is 8.01. The molecular formula is C9H16P+. The van der Waals surface area contributed by atoms with Crippen molar-refractivity contribution in [3.8, 4) is 0 Å². The van der Waals surface area contributed by atoms with Crippen LogP contribution in [0.5, 0.6) is 0 Å². The quantitative estimate of drug-likeness (QED) is 0.472. The molecule has 0 fully saturated rings. The zero-order valence-corrected chi connectivity index (χ0v) is 8.20. The van der Waals surface area contributed by atoms with Gasteiger partial charge in [0.1, 0.15) is 12.0 Å². The molecule has 1 heteroatoms. The zero-order valence-electron chi connectivity index (χ0n) is 7.31. The smallest absolute Gasteiger partial charge is 0.0681 e. The molecule has 0 aliphatic carbocycles. The number of allylic oxidation sites excluding steroid dienone is 2. The number of hydrogen-bond donors (Lipinski definition) is 0. The van der Waals surface area contributed by atoms with E-state index in [0.29, 0.717) is 5.41 Å². The predicted molar refractivity (Wildman–Crippen MR) is 51.3 cm³/mol. The van der Waals surface area contributed by atoms with Gasteiger partial charge in [0, 0.05) is 5.41 Å². The normalized spacial score (nSPS) is 27.2. The molecule has 1 heterocycles. The summed E-state index contributed by atoms with van der Waals surface area (Å²) in [5, 5.41) is 0. The van der Waals surface area contributed by atoms with Crippen molar-refractivity contribution in [3.63, 3.8) is 0 Å². The second-order valence-corrected chi connectivity index (χ2v) is 6.01. The van der Waals surface area contributed by atoms with Crippen LogP contribution in [0.3, 0.4) is 0 Å². The van der Waals surface area contributed by atoms with Crippen molar-refractivity contribution in [3.05, 3.63) is 11.6 Å². The number of rotatable bonds is 0. The van der Waals surface area contributed by atoms with Gasteiger partial charge < -0.3 is 0 Å². The van der Waals surface area contributed by atoms with Crippen LogP contribution in [-0.4, -0.2) is 18.6 Å². The van der Waals surface area contributed by atoms with Crippen LogP contribution in [0.2, 0.25) is 0 Å². The molecule has 0 aromatic carbocycles. The van der Waals surface area contributed by atoms with Gasteiger partial charge in [-0.2, -0.15) is 0 Å². The minimum atomic E-state index is 0.188. The Morgan fingerprint density at radius 3 is 2.50 bits per heavy atom. The van der Waals surface area contributed by atoms with Gasteiger partial charge in [0.05, 0.1) is 14.2 Å². The van der Waals surface area contributed by atoms with Crippen LogP contribution in [-0.2, 0) is 0 Å². The monoisotopic (exact) mass is 155 g/mol. The summed E-state index contributed by atoms with van der Waals surface area (Å²) in [7, 11) is 0.188. The molecule has 0 radical (unpaired) electrons. The van der Waals surface area contributed by atoms with Crippen LogP contribution in [0.15, 0.2) is 11.6 Å². The lowest BCUT2D eigenvalue weighted by Gasteiger charge is -2.19. The average Bonchev–Trinajstić information content (AvgIpc) is 1.54. The first-order valence-electron chi connectivity index (χ1n) is 3.74. The molecule has 0 nitrogen and oxygen atoms in total. The highest BCUT2D eigenvalue weighted by atomic mass is 31.1. The van der Waals surface area contributed by atoms with Crippen LogP contribution in [0.25, 0.3) is 0 Å². The maximum atomic E-state index is 2.42. The lowest BCUT2D eigenvalue weighted by atomic mass is 9.94. The minimum absolute atomic E-state index is 0.188. The molecule has 0 spiro atoms. The molecule has 1 unspecified atom stereocenters. The third-order valence-corrected chi connectivity index (χ3v) is 3.86. The van der Waals surface area contributed by atoms with Gasteiger partial charge in [-0.25, -0.2) is 0 Å². The molecule has 10 heavy (non-hydrogen) atoms. The molecule has 0 bridgehead atoms. The SMILES string of the molecule is CC1=CC(C)(C)C[P+](C)=C1. The van der Waals surface area contributed by atoms with E-state index in [9.17, 15) is 0 Å². The van der Waals surface area contributed by atoms with E-state index in [-0.39, 0.29) is 7.55 Å². The number of hydrogen-bond acceptors (Lipinski definition) is 0. The van der Waals surface area contributed by atoms with Gasteiger partial charge >= 0.3 is 0 Å². The summed E-state index contributed by atoms with van der Waals surface area (Å²) in [6, 6.07) is 0. The Bertz CT molecular complexity index is 197. The molecule has 0 aromatic heterocycles. The van der Waals surface area contributed by atoms with Crippen molar-refractivity contribution in [2.45, 2.75) is 20.8 Å². The molecule has 0 saturated heterocycles. The van der Waals surface area contributed by atoms with Crippen LogP contribution in [0.4, 0.5) is 0 Å². The Labute approximate surface area is 64.7 Å². The Balaban J connectivity index is 2.88. The fourth-order valence-electron chi connectivity index (χ4n) is 1.74. The third-order valence-electron chi connectivity index (χ3n) is 1.70. The molecule has 0 amide bonds. The summed E-state index contributed by atoms with van der Waals surface area (Å²) in [4.78, 5) is 0. The summed E-state index contributed by atoms with van der Waals surface area (Å²) in [6.45, 7) is 9.21. The Hall–Kier alpha value is -0.0900. The summed E-state index contributed by atoms with van der Waals surface area (Å²) in [5.41, 5.74) is 1.93. The molecule has 0 N–H and O–H groups in total. The van der Waals surface area contributed by atoms with Crippen molar-refractivity contribution >= 4 is 13.3 Å². The van der Waals surface area contributed by atoms with Crippen molar-refractivity contribution in [1.29, 1.82) is 0 Å². The van der Waals surface area contributed by atoms with E-state index in [2.05, 4.69) is 39.3 Å². The van der Waals surface area contributed by atoms with E-state index in [1.165, 1.54) is 11.7 Å². The summed E-state index contributed by atoms with van der Waals surface area (Å²) < 4.78 is 0. The van der Waals surface area contributed by atoms with Crippen LogP contribution in [0, 0.1) is 5.41 Å². The highest BCUT2D eigenvalue weighted by Crippen LogP contribution is 2.35. The minimum Gasteiger partial charge on any atom is -0.0681 e. The van der Waals surface area contributed by atoms with E-state index in [1.54, 1.807) is 0 Å². The molecule has 1 rings (SSSR count). The highest BCUT2D eigenvalue weighted by molar-refractivity contribution is 7.57. The van der Waals surface area contributed by atoms with Gasteiger partial charge in [-0.15, -0.1) is 0 Å². The van der Waals surface area contributed by atoms with Gasteiger partial charge in [0.2, 0.25) is 0 Å². The van der Waals surface area contributed by atoms with Crippen molar-refractivity contribution in [2.75, 3.05) is 12.8 Å². The maximum absolute atomic E-state index is 2.42. The molecule has 1 aliphatic rings. The average molecular weight is 155 g/mol. The molecule has 1 atom stereocenters. The summed E-state index contributed by atoms with van der Waals surface area (Å²) in [5.74, 6) is 2.42. The summed E-state index contributed by atoms with van der Waals surface area (Å²) >= 11 is 0. The topological polar surface area (TPSA) is 0 Å². The zero-order chi connectivity index (χ0) is 7.78. The van der Waals surface area contributed by atoms with E-state index in [1.807, 2.05) is 0 Å². The third kappa shape index (κ3) is 1.95.